The molecule has 9 nitrogen and oxygen atoms in total. The first-order valence-electron chi connectivity index (χ1n) is 13.4. The Hall–Kier alpha value is -3.69. The fourth-order valence-electron chi connectivity index (χ4n) is 5.00. The minimum absolute atomic E-state index is 0.258. The average molecular weight is 517 g/mol. The number of morpholine rings is 1. The molecule has 0 saturated carbocycles. The molecule has 0 radical (unpaired) electrons. The van der Waals surface area contributed by atoms with Gasteiger partial charge in [-0.05, 0) is 48.6 Å². The van der Waals surface area contributed by atoms with E-state index in [1.165, 1.54) is 6.33 Å². The van der Waals surface area contributed by atoms with Crippen LogP contribution in [0, 0.1) is 5.92 Å². The Morgan fingerprint density at radius 3 is 2.42 bits per heavy atom. The molecule has 2 aliphatic rings. The van der Waals surface area contributed by atoms with Crippen LogP contribution in [0.3, 0.4) is 0 Å². The van der Waals surface area contributed by atoms with E-state index in [0.717, 1.165) is 93.8 Å². The van der Waals surface area contributed by atoms with Crippen molar-refractivity contribution in [2.45, 2.75) is 19.3 Å². The molecule has 1 aromatic heterocycles. The maximum atomic E-state index is 12.7. The first kappa shape index (κ1) is 25.9. The number of hydrogen-bond acceptors (Lipinski definition) is 8. The number of carbonyl (C=O) groups is 1. The lowest BCUT2D eigenvalue weighted by Gasteiger charge is -2.33. The number of para-hydroxylation sites is 1. The molecule has 0 spiro atoms. The number of nitrogens with zero attached hydrogens (tertiary/aromatic N) is 4. The number of anilines is 2. The second kappa shape index (κ2) is 12.7. The van der Waals surface area contributed by atoms with Crippen LogP contribution in [0.5, 0.6) is 11.5 Å². The Balaban J connectivity index is 1.13. The predicted molar refractivity (Wildman–Crippen MR) is 148 cm³/mol. The molecule has 0 bridgehead atoms. The normalized spacial score (nSPS) is 16.8. The van der Waals surface area contributed by atoms with Crippen molar-refractivity contribution in [1.29, 1.82) is 0 Å². The second-order valence-corrected chi connectivity index (χ2v) is 9.83. The Kier molecular flexibility index (Phi) is 8.67. The van der Waals surface area contributed by atoms with Crippen LogP contribution in [-0.4, -0.2) is 78.2 Å². The van der Waals surface area contributed by atoms with Crippen molar-refractivity contribution in [2.75, 3.05) is 63.5 Å². The summed E-state index contributed by atoms with van der Waals surface area (Å²) in [4.78, 5) is 25.7. The van der Waals surface area contributed by atoms with Gasteiger partial charge in [-0.15, -0.1) is 0 Å². The Labute approximate surface area is 224 Å². The van der Waals surface area contributed by atoms with Gasteiger partial charge in [-0.1, -0.05) is 30.3 Å². The maximum absolute atomic E-state index is 12.7. The van der Waals surface area contributed by atoms with Crippen molar-refractivity contribution >= 4 is 17.5 Å². The lowest BCUT2D eigenvalue weighted by Crippen LogP contribution is -2.42. The Morgan fingerprint density at radius 2 is 1.68 bits per heavy atom. The molecular weight excluding hydrogens is 480 g/mol. The molecule has 3 heterocycles. The molecule has 38 heavy (non-hydrogen) atoms. The van der Waals surface area contributed by atoms with Crippen LogP contribution in [0.15, 0.2) is 60.9 Å². The fourth-order valence-corrected chi connectivity index (χ4v) is 5.00. The summed E-state index contributed by atoms with van der Waals surface area (Å²) < 4.78 is 11.3. The van der Waals surface area contributed by atoms with E-state index in [9.17, 15) is 4.79 Å². The van der Waals surface area contributed by atoms with Crippen molar-refractivity contribution in [3.8, 4) is 22.6 Å². The van der Waals surface area contributed by atoms with E-state index >= 15 is 0 Å². The molecule has 9 heteroatoms. The summed E-state index contributed by atoms with van der Waals surface area (Å²) in [6, 6.07) is 17.5. The molecule has 0 atom stereocenters. The molecule has 2 aromatic carbocycles. The summed E-state index contributed by atoms with van der Waals surface area (Å²) in [5, 5.41) is 3.50. The van der Waals surface area contributed by atoms with Crippen molar-refractivity contribution in [3.05, 3.63) is 60.9 Å². The zero-order valence-corrected chi connectivity index (χ0v) is 21.7. The highest BCUT2D eigenvalue weighted by Crippen LogP contribution is 2.33. The van der Waals surface area contributed by atoms with Crippen LogP contribution >= 0.6 is 0 Å². The first-order valence-corrected chi connectivity index (χ1v) is 13.4. The van der Waals surface area contributed by atoms with Gasteiger partial charge in [-0.25, -0.2) is 9.97 Å². The van der Waals surface area contributed by atoms with Gasteiger partial charge in [-0.3, -0.25) is 9.69 Å². The van der Waals surface area contributed by atoms with E-state index in [4.69, 9.17) is 15.2 Å². The predicted octanol–water partition coefficient (Wildman–Crippen LogP) is 3.89. The van der Waals surface area contributed by atoms with E-state index in [0.29, 0.717) is 18.2 Å². The number of carbonyl (C=O) groups excluding carboxylic acids is 1. The van der Waals surface area contributed by atoms with Gasteiger partial charge in [0.05, 0.1) is 18.8 Å². The number of benzene rings is 2. The topological polar surface area (TPSA) is 106 Å². The molecule has 3 aromatic rings. The van der Waals surface area contributed by atoms with Gasteiger partial charge >= 0.3 is 0 Å². The van der Waals surface area contributed by atoms with Crippen molar-refractivity contribution in [2.24, 2.45) is 5.92 Å². The van der Waals surface area contributed by atoms with Gasteiger partial charge in [0.1, 0.15) is 29.5 Å². The highest BCUT2D eigenvalue weighted by atomic mass is 16.5. The summed E-state index contributed by atoms with van der Waals surface area (Å²) in [5.41, 5.74) is 7.99. The van der Waals surface area contributed by atoms with E-state index in [2.05, 4.69) is 20.2 Å². The monoisotopic (exact) mass is 516 g/mol. The van der Waals surface area contributed by atoms with Gasteiger partial charge in [-0.2, -0.15) is 0 Å². The summed E-state index contributed by atoms with van der Waals surface area (Å²) in [7, 11) is 0. The van der Waals surface area contributed by atoms with E-state index in [1.54, 1.807) is 0 Å². The van der Waals surface area contributed by atoms with Gasteiger partial charge in [0.15, 0.2) is 0 Å². The number of rotatable bonds is 9. The smallest absolute Gasteiger partial charge is 0.223 e. The van der Waals surface area contributed by atoms with E-state index < -0.39 is 0 Å². The largest absolute Gasteiger partial charge is 0.457 e. The minimum Gasteiger partial charge on any atom is -0.457 e. The maximum Gasteiger partial charge on any atom is 0.223 e. The third kappa shape index (κ3) is 6.79. The number of piperidine rings is 1. The van der Waals surface area contributed by atoms with Crippen LogP contribution in [0.4, 0.5) is 11.6 Å². The third-order valence-electron chi connectivity index (χ3n) is 7.27. The molecule has 5 rings (SSSR count). The lowest BCUT2D eigenvalue weighted by atomic mass is 9.96. The van der Waals surface area contributed by atoms with Crippen LogP contribution in [0.2, 0.25) is 0 Å². The molecule has 2 aliphatic heterocycles. The summed E-state index contributed by atoms with van der Waals surface area (Å²) in [6.45, 7) is 6.56. The van der Waals surface area contributed by atoms with Crippen molar-refractivity contribution in [3.63, 3.8) is 0 Å². The molecule has 200 valence electrons. The number of ether oxygens (including phenoxy) is 2. The zero-order valence-electron chi connectivity index (χ0n) is 21.7. The molecule has 0 unspecified atom stereocenters. The molecule has 0 aliphatic carbocycles. The quantitative estimate of drug-likeness (QED) is 0.441. The second-order valence-electron chi connectivity index (χ2n) is 9.83. The molecule has 2 saturated heterocycles. The fraction of sp³-hybridized carbons (Fsp3) is 0.414. The van der Waals surface area contributed by atoms with Gasteiger partial charge < -0.3 is 25.4 Å². The van der Waals surface area contributed by atoms with Crippen LogP contribution < -0.4 is 15.8 Å². The van der Waals surface area contributed by atoms with Crippen LogP contribution in [0.25, 0.3) is 11.1 Å². The van der Waals surface area contributed by atoms with E-state index in [1.807, 2.05) is 59.5 Å². The number of amides is 1. The first-order chi connectivity index (χ1) is 18.7. The Morgan fingerprint density at radius 1 is 0.974 bits per heavy atom. The molecule has 1 amide bonds. The minimum atomic E-state index is 0.258. The zero-order chi connectivity index (χ0) is 26.2. The number of nitrogens with two attached hydrogens (primary N) is 1. The van der Waals surface area contributed by atoms with Gasteiger partial charge in [0.2, 0.25) is 5.91 Å². The summed E-state index contributed by atoms with van der Waals surface area (Å²) in [6.07, 6.45) is 4.01. The van der Waals surface area contributed by atoms with Crippen LogP contribution in [-0.2, 0) is 9.53 Å². The van der Waals surface area contributed by atoms with Crippen LogP contribution in [0.1, 0.15) is 19.3 Å². The third-order valence-corrected chi connectivity index (χ3v) is 7.27. The number of hydrogen-bond donors (Lipinski definition) is 2. The SMILES string of the molecule is Nc1ncnc(NCC2CCN(C(=O)CCN3CCOCC3)CC2)c1-c1ccc(Oc2ccccc2)cc1. The number of nitrogens with one attached hydrogen (secondary N) is 1. The summed E-state index contributed by atoms with van der Waals surface area (Å²) >= 11 is 0. The molecular formula is C29H36N6O3. The van der Waals surface area contributed by atoms with E-state index in [-0.39, 0.29) is 5.91 Å². The van der Waals surface area contributed by atoms with Gasteiger partial charge in [0, 0.05) is 45.7 Å². The molecule has 3 N–H and O–H groups in total. The van der Waals surface area contributed by atoms with Crippen molar-refractivity contribution < 1.29 is 14.3 Å². The number of aromatic nitrogens is 2. The van der Waals surface area contributed by atoms with Gasteiger partial charge in [0.25, 0.3) is 0 Å². The number of likely N-dealkylation sites (tertiary alicyclic amines) is 1. The highest BCUT2D eigenvalue weighted by Gasteiger charge is 2.24. The lowest BCUT2D eigenvalue weighted by molar-refractivity contribution is -0.133. The molecule has 2 fully saturated rings. The summed E-state index contributed by atoms with van der Waals surface area (Å²) in [5.74, 6) is 3.40. The Bertz CT molecular complexity index is 1180. The van der Waals surface area contributed by atoms with Crippen molar-refractivity contribution in [1.82, 2.24) is 19.8 Å². The number of nitrogen functional groups attached to an aromatic ring is 1. The average Bonchev–Trinajstić information content (AvgIpc) is 2.97. The standard InChI is InChI=1S/C29H36N6O3/c30-28-27(23-6-8-25(9-7-23)38-24-4-2-1-3-5-24)29(33-21-32-28)31-20-22-10-14-35(15-11-22)26(36)12-13-34-16-18-37-19-17-34/h1-9,21-22H,10-20H2,(H3,30,31,32,33). The highest BCUT2D eigenvalue weighted by molar-refractivity contribution is 5.83.